The quantitative estimate of drug-likeness (QED) is 0.789. The van der Waals surface area contributed by atoms with Crippen LogP contribution in [0.2, 0.25) is 0 Å². The molecule has 1 N–H and O–H groups in total. The number of hydrogen-bond donors (Lipinski definition) is 1. The number of aromatic nitrogens is 1. The van der Waals surface area contributed by atoms with Crippen molar-refractivity contribution in [3.63, 3.8) is 0 Å². The summed E-state index contributed by atoms with van der Waals surface area (Å²) in [6.45, 7) is 6.23. The van der Waals surface area contributed by atoms with E-state index in [0.717, 1.165) is 31.7 Å². The fourth-order valence-electron chi connectivity index (χ4n) is 2.12. The van der Waals surface area contributed by atoms with Crippen LogP contribution >= 0.6 is 0 Å². The molecule has 0 fully saturated rings. The summed E-state index contributed by atoms with van der Waals surface area (Å²) in [5.41, 5.74) is 2.43. The zero-order valence-electron chi connectivity index (χ0n) is 11.2. The number of pyridine rings is 1. The second-order valence-electron chi connectivity index (χ2n) is 4.58. The molecular formula is C15H21N3. The van der Waals surface area contributed by atoms with Gasteiger partial charge in [-0.25, -0.2) is 0 Å². The first-order chi connectivity index (χ1) is 8.81. The molecule has 0 aliphatic heterocycles. The molecular weight excluding hydrogens is 222 g/mol. The molecule has 1 aromatic heterocycles. The van der Waals surface area contributed by atoms with E-state index < -0.39 is 0 Å². The van der Waals surface area contributed by atoms with Crippen molar-refractivity contribution in [1.82, 2.24) is 15.2 Å². The molecule has 0 amide bonds. The average molecular weight is 243 g/mol. The molecule has 0 radical (unpaired) electrons. The molecule has 3 nitrogen and oxygen atoms in total. The van der Waals surface area contributed by atoms with Gasteiger partial charge in [0.15, 0.2) is 0 Å². The number of nitrogens with one attached hydrogen (secondary N) is 1. The second kappa shape index (κ2) is 6.47. The van der Waals surface area contributed by atoms with Crippen LogP contribution in [0, 0.1) is 0 Å². The average Bonchev–Trinajstić information content (AvgIpc) is 2.39. The predicted octanol–water partition coefficient (Wildman–Crippen LogP) is 2.28. The molecule has 0 saturated heterocycles. The smallest absolute Gasteiger partial charge is 0.0705 e. The Bertz CT molecular complexity index is 491. The second-order valence-corrected chi connectivity index (χ2v) is 4.58. The van der Waals surface area contributed by atoms with Crippen molar-refractivity contribution in [2.24, 2.45) is 0 Å². The zero-order chi connectivity index (χ0) is 12.8. The van der Waals surface area contributed by atoms with Crippen molar-refractivity contribution >= 4 is 10.9 Å². The maximum Gasteiger partial charge on any atom is 0.0705 e. The van der Waals surface area contributed by atoms with Crippen LogP contribution in [0.3, 0.4) is 0 Å². The van der Waals surface area contributed by atoms with Crippen LogP contribution in [0.1, 0.15) is 12.5 Å². The molecule has 3 heteroatoms. The summed E-state index contributed by atoms with van der Waals surface area (Å²) < 4.78 is 0. The number of benzene rings is 1. The molecule has 0 saturated carbocycles. The molecule has 0 spiro atoms. The number of nitrogens with zero attached hydrogens (tertiary/aromatic N) is 2. The van der Waals surface area contributed by atoms with Crippen molar-refractivity contribution in [3.8, 4) is 0 Å². The van der Waals surface area contributed by atoms with Gasteiger partial charge in [-0.1, -0.05) is 25.1 Å². The number of likely N-dealkylation sites (N-methyl/N-ethyl adjacent to an activating group) is 2. The third kappa shape index (κ3) is 3.28. The highest BCUT2D eigenvalue weighted by atomic mass is 15.1. The van der Waals surface area contributed by atoms with E-state index in [-0.39, 0.29) is 0 Å². The highest BCUT2D eigenvalue weighted by Gasteiger charge is 2.04. The molecule has 2 rings (SSSR count). The molecule has 96 valence electrons. The first kappa shape index (κ1) is 13.0. The van der Waals surface area contributed by atoms with Crippen LogP contribution in [-0.4, -0.2) is 36.6 Å². The monoisotopic (exact) mass is 243 g/mol. The zero-order valence-corrected chi connectivity index (χ0v) is 11.2. The Labute approximate surface area is 109 Å². The first-order valence-electron chi connectivity index (χ1n) is 6.53. The van der Waals surface area contributed by atoms with Gasteiger partial charge in [0.1, 0.15) is 0 Å². The third-order valence-electron chi connectivity index (χ3n) is 3.10. The summed E-state index contributed by atoms with van der Waals surface area (Å²) in [4.78, 5) is 6.73. The largest absolute Gasteiger partial charge is 0.316 e. The Hall–Kier alpha value is -1.45. The van der Waals surface area contributed by atoms with E-state index in [2.05, 4.69) is 53.4 Å². The SMILES string of the molecule is CCNCCN(C)Cc1cccc2ncccc12. The van der Waals surface area contributed by atoms with E-state index in [1.165, 1.54) is 10.9 Å². The summed E-state index contributed by atoms with van der Waals surface area (Å²) in [5, 5.41) is 4.61. The summed E-state index contributed by atoms with van der Waals surface area (Å²) in [5.74, 6) is 0. The summed E-state index contributed by atoms with van der Waals surface area (Å²) in [7, 11) is 2.16. The fraction of sp³-hybridized carbons (Fsp3) is 0.400. The summed E-state index contributed by atoms with van der Waals surface area (Å²) in [6.07, 6.45) is 1.85. The molecule has 1 heterocycles. The Morgan fingerprint density at radius 1 is 1.22 bits per heavy atom. The van der Waals surface area contributed by atoms with Gasteiger partial charge in [-0.05, 0) is 31.3 Å². The minimum absolute atomic E-state index is 0.967. The lowest BCUT2D eigenvalue weighted by Gasteiger charge is -2.17. The summed E-state index contributed by atoms with van der Waals surface area (Å²) >= 11 is 0. The lowest BCUT2D eigenvalue weighted by Crippen LogP contribution is -2.28. The van der Waals surface area contributed by atoms with E-state index in [9.17, 15) is 0 Å². The Balaban J connectivity index is 2.07. The van der Waals surface area contributed by atoms with Crippen molar-refractivity contribution in [2.45, 2.75) is 13.5 Å². The van der Waals surface area contributed by atoms with Crippen molar-refractivity contribution in [1.29, 1.82) is 0 Å². The van der Waals surface area contributed by atoms with Gasteiger partial charge in [-0.3, -0.25) is 4.98 Å². The lowest BCUT2D eigenvalue weighted by atomic mass is 10.1. The minimum atomic E-state index is 0.967. The molecule has 0 unspecified atom stereocenters. The summed E-state index contributed by atoms with van der Waals surface area (Å²) in [6, 6.07) is 10.5. The standard InChI is InChI=1S/C15H21N3/c1-3-16-10-11-18(2)12-13-6-4-8-15-14(13)7-5-9-17-15/h4-9,16H,3,10-12H2,1-2H3. The third-order valence-corrected chi connectivity index (χ3v) is 3.10. The molecule has 0 aliphatic rings. The lowest BCUT2D eigenvalue weighted by molar-refractivity contribution is 0.327. The van der Waals surface area contributed by atoms with Crippen LogP contribution in [0.25, 0.3) is 10.9 Å². The molecule has 2 aromatic rings. The Kier molecular flexibility index (Phi) is 4.67. The van der Waals surface area contributed by atoms with Gasteiger partial charge < -0.3 is 10.2 Å². The number of hydrogen-bond acceptors (Lipinski definition) is 3. The highest BCUT2D eigenvalue weighted by Crippen LogP contribution is 2.17. The van der Waals surface area contributed by atoms with E-state index in [4.69, 9.17) is 0 Å². The molecule has 18 heavy (non-hydrogen) atoms. The molecule has 0 bridgehead atoms. The Morgan fingerprint density at radius 3 is 2.94 bits per heavy atom. The van der Waals surface area contributed by atoms with Crippen LogP contribution in [0.15, 0.2) is 36.5 Å². The van der Waals surface area contributed by atoms with Crippen molar-refractivity contribution in [2.75, 3.05) is 26.7 Å². The van der Waals surface area contributed by atoms with Crippen LogP contribution in [0.4, 0.5) is 0 Å². The fourth-order valence-corrected chi connectivity index (χ4v) is 2.12. The van der Waals surface area contributed by atoms with Gasteiger partial charge in [-0.2, -0.15) is 0 Å². The van der Waals surface area contributed by atoms with Crippen LogP contribution < -0.4 is 5.32 Å². The van der Waals surface area contributed by atoms with Gasteiger partial charge in [0, 0.05) is 31.2 Å². The highest BCUT2D eigenvalue weighted by molar-refractivity contribution is 5.81. The van der Waals surface area contributed by atoms with Crippen molar-refractivity contribution < 1.29 is 0 Å². The normalized spacial score (nSPS) is 11.3. The maximum absolute atomic E-state index is 4.39. The topological polar surface area (TPSA) is 28.2 Å². The van der Waals surface area contributed by atoms with E-state index in [1.807, 2.05) is 12.3 Å². The molecule has 0 aliphatic carbocycles. The molecule has 1 aromatic carbocycles. The van der Waals surface area contributed by atoms with Gasteiger partial charge >= 0.3 is 0 Å². The van der Waals surface area contributed by atoms with E-state index in [0.29, 0.717) is 0 Å². The van der Waals surface area contributed by atoms with Gasteiger partial charge in [-0.15, -0.1) is 0 Å². The Morgan fingerprint density at radius 2 is 2.11 bits per heavy atom. The first-order valence-corrected chi connectivity index (χ1v) is 6.53. The van der Waals surface area contributed by atoms with Gasteiger partial charge in [0.2, 0.25) is 0 Å². The van der Waals surface area contributed by atoms with Gasteiger partial charge in [0.05, 0.1) is 5.52 Å². The maximum atomic E-state index is 4.39. The van der Waals surface area contributed by atoms with Crippen LogP contribution in [0.5, 0.6) is 0 Å². The minimum Gasteiger partial charge on any atom is -0.316 e. The van der Waals surface area contributed by atoms with E-state index in [1.54, 1.807) is 0 Å². The van der Waals surface area contributed by atoms with Gasteiger partial charge in [0.25, 0.3) is 0 Å². The number of fused-ring (bicyclic) bond motifs is 1. The van der Waals surface area contributed by atoms with E-state index >= 15 is 0 Å². The predicted molar refractivity (Wildman–Crippen MR) is 76.6 cm³/mol. The number of rotatable bonds is 6. The van der Waals surface area contributed by atoms with Crippen molar-refractivity contribution in [3.05, 3.63) is 42.1 Å². The molecule has 0 atom stereocenters. The van der Waals surface area contributed by atoms with Crippen LogP contribution in [-0.2, 0) is 6.54 Å².